The van der Waals surface area contributed by atoms with E-state index in [1.165, 1.54) is 10.7 Å². The first-order valence-corrected chi connectivity index (χ1v) is 6.66. The summed E-state index contributed by atoms with van der Waals surface area (Å²) in [6.45, 7) is 4.37. The lowest BCUT2D eigenvalue weighted by molar-refractivity contribution is 0.447. The molecular weight excluding hydrogens is 278 g/mol. The maximum Gasteiger partial charge on any atom is 0.275 e. The molecule has 0 aliphatic carbocycles. The van der Waals surface area contributed by atoms with Gasteiger partial charge < -0.3 is 10.4 Å². The number of benzene rings is 1. The summed E-state index contributed by atoms with van der Waals surface area (Å²) < 4.78 is 1.24. The SMILES string of the molecule is CC(C)NCc1nn(-c2ccc(Cl)cc2)c(=O)cc1O. The maximum atomic E-state index is 11.9. The lowest BCUT2D eigenvalue weighted by atomic mass is 10.3. The van der Waals surface area contributed by atoms with E-state index >= 15 is 0 Å². The molecule has 0 atom stereocenters. The van der Waals surface area contributed by atoms with E-state index in [-0.39, 0.29) is 11.8 Å². The van der Waals surface area contributed by atoms with Crippen LogP contribution in [0, 0.1) is 0 Å². The van der Waals surface area contributed by atoms with Crippen molar-refractivity contribution in [3.05, 3.63) is 51.4 Å². The van der Waals surface area contributed by atoms with Gasteiger partial charge in [0.25, 0.3) is 5.56 Å². The topological polar surface area (TPSA) is 67.2 Å². The van der Waals surface area contributed by atoms with Crippen molar-refractivity contribution < 1.29 is 5.11 Å². The molecule has 0 fully saturated rings. The molecule has 1 aromatic carbocycles. The standard InChI is InChI=1S/C14H16ClN3O2/c1-9(2)16-8-12-13(19)7-14(20)18(17-12)11-5-3-10(15)4-6-11/h3-7,9,16,19H,8H2,1-2H3. The Morgan fingerprint density at radius 3 is 2.60 bits per heavy atom. The van der Waals surface area contributed by atoms with E-state index < -0.39 is 5.56 Å². The third-order valence-corrected chi connectivity index (χ3v) is 2.99. The smallest absolute Gasteiger partial charge is 0.275 e. The highest BCUT2D eigenvalue weighted by Crippen LogP contribution is 2.14. The summed E-state index contributed by atoms with van der Waals surface area (Å²) in [6.07, 6.45) is 0. The molecule has 0 aliphatic rings. The van der Waals surface area contributed by atoms with Crippen molar-refractivity contribution in [2.75, 3.05) is 0 Å². The summed E-state index contributed by atoms with van der Waals surface area (Å²) >= 11 is 5.82. The fourth-order valence-electron chi connectivity index (χ4n) is 1.68. The van der Waals surface area contributed by atoms with E-state index in [2.05, 4.69) is 10.4 Å². The minimum Gasteiger partial charge on any atom is -0.506 e. The van der Waals surface area contributed by atoms with Crippen molar-refractivity contribution in [3.63, 3.8) is 0 Å². The van der Waals surface area contributed by atoms with Crippen LogP contribution in [0.25, 0.3) is 5.69 Å². The highest BCUT2D eigenvalue weighted by molar-refractivity contribution is 6.30. The molecule has 0 radical (unpaired) electrons. The van der Waals surface area contributed by atoms with Gasteiger partial charge in [-0.25, -0.2) is 0 Å². The van der Waals surface area contributed by atoms with Crippen LogP contribution in [0.4, 0.5) is 0 Å². The minimum absolute atomic E-state index is 0.103. The van der Waals surface area contributed by atoms with Crippen molar-refractivity contribution in [1.29, 1.82) is 0 Å². The number of hydrogen-bond acceptors (Lipinski definition) is 4. The number of aromatic hydroxyl groups is 1. The first-order chi connectivity index (χ1) is 9.47. The molecule has 106 valence electrons. The van der Waals surface area contributed by atoms with E-state index in [1.54, 1.807) is 24.3 Å². The zero-order valence-electron chi connectivity index (χ0n) is 11.3. The van der Waals surface area contributed by atoms with E-state index in [1.807, 2.05) is 13.8 Å². The van der Waals surface area contributed by atoms with Crippen LogP contribution in [0.3, 0.4) is 0 Å². The molecule has 2 aromatic rings. The van der Waals surface area contributed by atoms with Gasteiger partial charge in [0.15, 0.2) is 0 Å². The fourth-order valence-corrected chi connectivity index (χ4v) is 1.80. The molecule has 2 N–H and O–H groups in total. The van der Waals surface area contributed by atoms with E-state index in [0.717, 1.165) is 0 Å². The molecule has 20 heavy (non-hydrogen) atoms. The molecule has 1 heterocycles. The Morgan fingerprint density at radius 1 is 1.35 bits per heavy atom. The Kier molecular flexibility index (Phi) is 4.42. The Morgan fingerprint density at radius 2 is 2.00 bits per heavy atom. The van der Waals surface area contributed by atoms with Crippen LogP contribution in [0.15, 0.2) is 35.1 Å². The summed E-state index contributed by atoms with van der Waals surface area (Å²) in [5.41, 5.74) is 0.636. The minimum atomic E-state index is -0.391. The van der Waals surface area contributed by atoms with Crippen molar-refractivity contribution in [1.82, 2.24) is 15.1 Å². The maximum absolute atomic E-state index is 11.9. The van der Waals surface area contributed by atoms with Crippen LogP contribution in [0.1, 0.15) is 19.5 Å². The zero-order valence-corrected chi connectivity index (χ0v) is 12.1. The third kappa shape index (κ3) is 3.37. The molecule has 2 rings (SSSR count). The first-order valence-electron chi connectivity index (χ1n) is 6.29. The first kappa shape index (κ1) is 14.6. The molecule has 0 spiro atoms. The molecule has 6 heteroatoms. The quantitative estimate of drug-likeness (QED) is 0.906. The molecule has 0 unspecified atom stereocenters. The lowest BCUT2D eigenvalue weighted by Gasteiger charge is -2.11. The van der Waals surface area contributed by atoms with Crippen LogP contribution in [-0.4, -0.2) is 20.9 Å². The summed E-state index contributed by atoms with van der Waals surface area (Å²) in [4.78, 5) is 11.9. The molecule has 0 amide bonds. The van der Waals surface area contributed by atoms with Gasteiger partial charge in [0.1, 0.15) is 11.4 Å². The summed E-state index contributed by atoms with van der Waals surface area (Å²) in [5, 5.41) is 17.7. The lowest BCUT2D eigenvalue weighted by Crippen LogP contribution is -2.26. The van der Waals surface area contributed by atoms with Gasteiger partial charge in [0.05, 0.1) is 5.69 Å². The molecule has 0 aliphatic heterocycles. The van der Waals surface area contributed by atoms with Crippen LogP contribution in [0.5, 0.6) is 5.75 Å². The number of rotatable bonds is 4. The third-order valence-electron chi connectivity index (χ3n) is 2.73. The Balaban J connectivity index is 2.40. The van der Waals surface area contributed by atoms with Crippen molar-refractivity contribution >= 4 is 11.6 Å². The van der Waals surface area contributed by atoms with Gasteiger partial charge in [0.2, 0.25) is 0 Å². The van der Waals surface area contributed by atoms with Gasteiger partial charge in [0, 0.05) is 23.7 Å². The number of hydrogen-bond donors (Lipinski definition) is 2. The molecule has 1 aromatic heterocycles. The van der Waals surface area contributed by atoms with Crippen LogP contribution in [-0.2, 0) is 6.54 Å². The number of aromatic nitrogens is 2. The van der Waals surface area contributed by atoms with Gasteiger partial charge in [-0.2, -0.15) is 9.78 Å². The number of halogens is 1. The van der Waals surface area contributed by atoms with E-state index in [0.29, 0.717) is 22.9 Å². The van der Waals surface area contributed by atoms with Crippen LogP contribution < -0.4 is 10.9 Å². The molecule has 0 bridgehead atoms. The molecule has 0 saturated heterocycles. The Labute approximate surface area is 121 Å². The van der Waals surface area contributed by atoms with Gasteiger partial charge in [-0.05, 0) is 24.3 Å². The summed E-state index contributed by atoms with van der Waals surface area (Å²) in [6, 6.07) is 8.19. The predicted molar refractivity (Wildman–Crippen MR) is 78.5 cm³/mol. The second-order valence-electron chi connectivity index (χ2n) is 4.74. The van der Waals surface area contributed by atoms with Crippen molar-refractivity contribution in [2.24, 2.45) is 0 Å². The predicted octanol–water partition coefficient (Wildman–Crippen LogP) is 2.09. The number of nitrogens with zero attached hydrogens (tertiary/aromatic N) is 2. The Hall–Kier alpha value is -1.85. The zero-order chi connectivity index (χ0) is 14.7. The largest absolute Gasteiger partial charge is 0.506 e. The van der Waals surface area contributed by atoms with Gasteiger partial charge in [-0.3, -0.25) is 4.79 Å². The van der Waals surface area contributed by atoms with Crippen LogP contribution >= 0.6 is 11.6 Å². The number of nitrogens with one attached hydrogen (secondary N) is 1. The monoisotopic (exact) mass is 293 g/mol. The highest BCUT2D eigenvalue weighted by Gasteiger charge is 2.09. The molecule has 0 saturated carbocycles. The normalized spacial score (nSPS) is 11.0. The fraction of sp³-hybridized carbons (Fsp3) is 0.286. The van der Waals surface area contributed by atoms with Crippen molar-refractivity contribution in [3.8, 4) is 11.4 Å². The Bertz CT molecular complexity index is 650. The summed E-state index contributed by atoms with van der Waals surface area (Å²) in [5.74, 6) is -0.103. The van der Waals surface area contributed by atoms with Gasteiger partial charge >= 0.3 is 0 Å². The van der Waals surface area contributed by atoms with Crippen molar-refractivity contribution in [2.45, 2.75) is 26.4 Å². The van der Waals surface area contributed by atoms with Gasteiger partial charge in [-0.15, -0.1) is 0 Å². The highest BCUT2D eigenvalue weighted by atomic mass is 35.5. The molecular formula is C14H16ClN3O2. The molecule has 5 nitrogen and oxygen atoms in total. The second kappa shape index (κ2) is 6.07. The average molecular weight is 294 g/mol. The van der Waals surface area contributed by atoms with Crippen LogP contribution in [0.2, 0.25) is 5.02 Å². The van der Waals surface area contributed by atoms with E-state index in [4.69, 9.17) is 11.6 Å². The average Bonchev–Trinajstić information content (AvgIpc) is 2.39. The summed E-state index contributed by atoms with van der Waals surface area (Å²) in [7, 11) is 0. The second-order valence-corrected chi connectivity index (χ2v) is 5.17. The van der Waals surface area contributed by atoms with Gasteiger partial charge in [-0.1, -0.05) is 25.4 Å². The van der Waals surface area contributed by atoms with E-state index in [9.17, 15) is 9.90 Å².